The first-order valence-electron chi connectivity index (χ1n) is 20.2. The Balaban J connectivity index is 0.000000234. The normalized spacial score (nSPS) is 10.7. The van der Waals surface area contributed by atoms with Gasteiger partial charge >= 0.3 is 23.4 Å². The Kier molecular flexibility index (Phi) is 21.6. The second-order valence-electron chi connectivity index (χ2n) is 14.8. The number of halogens is 32. The Morgan fingerprint density at radius 1 is 0.181 bits per heavy atom. The Morgan fingerprint density at radius 2 is 0.289 bits per heavy atom. The summed E-state index contributed by atoms with van der Waals surface area (Å²) in [4.78, 5) is 0. The number of benzene rings is 8. The SMILES string of the molecule is Fc1ccc(-c2c(F)c(F)c(F)c(F)c2F)c(F)c1F.Fc1ccc(-c2c(F)c(F)c(F)c(F)c2F)c(F)c1F.Fc1ccc(-c2c(F)c(F)c(F)c(F)c2F)c(F)c1F.Fc1ccc(-c2c(F)c(F)c(F)c(F)c2F)c(F)c1F.[O]=[Al][OH]. The molecule has 0 radical (unpaired) electrons. The zero-order valence-corrected chi connectivity index (χ0v) is 39.3. The van der Waals surface area contributed by atoms with Crippen molar-refractivity contribution in [3.63, 3.8) is 0 Å². The predicted molar refractivity (Wildman–Crippen MR) is 215 cm³/mol. The van der Waals surface area contributed by atoms with Crippen LogP contribution in [-0.4, -0.2) is 19.6 Å². The second kappa shape index (κ2) is 26.7. The van der Waals surface area contributed by atoms with E-state index in [1.807, 2.05) is 0 Å². The molecule has 1 N–H and O–H groups in total. The third kappa shape index (κ3) is 12.8. The van der Waals surface area contributed by atoms with Crippen LogP contribution in [0.3, 0.4) is 0 Å². The summed E-state index contributed by atoms with van der Waals surface area (Å²) >= 11 is -1.50. The molecule has 35 heteroatoms. The average molecular weight is 1250 g/mol. The zero-order chi connectivity index (χ0) is 63.5. The van der Waals surface area contributed by atoms with E-state index in [0.717, 1.165) is 0 Å². The summed E-state index contributed by atoms with van der Waals surface area (Å²) < 4.78 is 434. The molecule has 440 valence electrons. The van der Waals surface area contributed by atoms with Gasteiger partial charge < -0.3 is 0 Å². The minimum atomic E-state index is -2.44. The standard InChI is InChI=1S/4C12H2F8.Al.H2O.O/c4*13-4-2-1-3(6(14)7(4)15)5-8(16)10(18)12(20)11(19)9(5)17;;;/h4*1-2H;;1H2;/q;;;;+1;;/p-1. The van der Waals surface area contributed by atoms with Gasteiger partial charge in [0.25, 0.3) is 0 Å². The molecule has 0 saturated heterocycles. The first-order valence-corrected chi connectivity index (χ1v) is 21.2. The third-order valence-corrected chi connectivity index (χ3v) is 10.1. The van der Waals surface area contributed by atoms with Gasteiger partial charge in [0.15, 0.2) is 163 Å². The monoisotopic (exact) mass is 1250 g/mol. The van der Waals surface area contributed by atoms with Crippen LogP contribution in [0.5, 0.6) is 0 Å². The summed E-state index contributed by atoms with van der Waals surface area (Å²) in [5, 5.41) is 0. The Labute approximate surface area is 442 Å². The van der Waals surface area contributed by atoms with Crippen molar-refractivity contribution in [3.8, 4) is 44.5 Å². The van der Waals surface area contributed by atoms with Crippen LogP contribution in [0.25, 0.3) is 44.5 Å². The molecular formula is C48H9AlF32O2. The molecule has 8 aromatic carbocycles. The van der Waals surface area contributed by atoms with Gasteiger partial charge in [-0.3, -0.25) is 0 Å². The zero-order valence-electron chi connectivity index (χ0n) is 38.1. The molecule has 8 aromatic rings. The molecule has 0 aliphatic carbocycles. The Morgan fingerprint density at radius 3 is 0.410 bits per heavy atom. The molecule has 8 rings (SSSR count). The molecule has 0 aliphatic rings. The van der Waals surface area contributed by atoms with Crippen molar-refractivity contribution in [2.75, 3.05) is 0 Å². The van der Waals surface area contributed by atoms with E-state index in [9.17, 15) is 140 Å². The fourth-order valence-electron chi connectivity index (χ4n) is 6.24. The minimum absolute atomic E-state index is 0.297. The van der Waals surface area contributed by atoms with Crippen LogP contribution < -0.4 is 0 Å². The molecule has 0 heterocycles. The number of rotatable bonds is 4. The van der Waals surface area contributed by atoms with Gasteiger partial charge in [-0.1, -0.05) is 0 Å². The molecule has 0 spiro atoms. The third-order valence-electron chi connectivity index (χ3n) is 10.1. The van der Waals surface area contributed by atoms with Crippen molar-refractivity contribution in [1.29, 1.82) is 0 Å². The molecule has 2 nitrogen and oxygen atoms in total. The molecule has 0 bridgehead atoms. The van der Waals surface area contributed by atoms with Crippen molar-refractivity contribution >= 4 is 15.5 Å². The van der Waals surface area contributed by atoms with Crippen molar-refractivity contribution < 1.29 is 148 Å². The Bertz CT molecular complexity index is 3280. The van der Waals surface area contributed by atoms with Gasteiger partial charge in [0.05, 0.1) is 22.3 Å². The van der Waals surface area contributed by atoms with E-state index in [2.05, 4.69) is 0 Å². The predicted octanol–water partition coefficient (Wildman–Crippen LogP) is 16.8. The maximum atomic E-state index is 13.4. The van der Waals surface area contributed by atoms with Crippen molar-refractivity contribution in [2.45, 2.75) is 0 Å². The fourth-order valence-corrected chi connectivity index (χ4v) is 6.24. The van der Waals surface area contributed by atoms with E-state index >= 15 is 0 Å². The van der Waals surface area contributed by atoms with Crippen LogP contribution in [-0.2, 0) is 3.80 Å². The topological polar surface area (TPSA) is 37.3 Å². The molecule has 83 heavy (non-hydrogen) atoms. The second-order valence-corrected chi connectivity index (χ2v) is 15.0. The first kappa shape index (κ1) is 67.2. The fraction of sp³-hybridized carbons (Fsp3) is 0. The summed E-state index contributed by atoms with van der Waals surface area (Å²) in [6.07, 6.45) is 0. The van der Waals surface area contributed by atoms with E-state index in [4.69, 9.17) is 7.96 Å². The molecule has 0 amide bonds. The molecular weight excluding hydrogens is 1240 g/mol. The van der Waals surface area contributed by atoms with Crippen LogP contribution in [0, 0.1) is 186 Å². The van der Waals surface area contributed by atoms with Gasteiger partial charge in [-0.05, 0) is 48.5 Å². The summed E-state index contributed by atoms with van der Waals surface area (Å²) in [6.45, 7) is 0. The average Bonchev–Trinajstić information content (AvgIpc) is 3.53. The van der Waals surface area contributed by atoms with Gasteiger partial charge in [0.1, 0.15) is 0 Å². The summed E-state index contributed by atoms with van der Waals surface area (Å²) in [5.41, 5.74) is -11.8. The summed E-state index contributed by atoms with van der Waals surface area (Å²) in [7, 11) is 0. The molecule has 0 atom stereocenters. The van der Waals surface area contributed by atoms with Crippen LogP contribution in [0.15, 0.2) is 48.5 Å². The van der Waals surface area contributed by atoms with Gasteiger partial charge in [0.2, 0.25) is 23.3 Å². The van der Waals surface area contributed by atoms with E-state index in [1.54, 1.807) is 0 Å². The molecule has 0 saturated carbocycles. The molecule has 0 unspecified atom stereocenters. The van der Waals surface area contributed by atoms with Crippen LogP contribution in [0.1, 0.15) is 0 Å². The quantitative estimate of drug-likeness (QED) is 0.0825. The van der Waals surface area contributed by atoms with E-state index < -0.39 is 246 Å². The molecule has 0 fully saturated rings. The summed E-state index contributed by atoms with van der Waals surface area (Å²) in [6, 6.07) is 2.66. The Hall–Kier alpha value is -8.35. The van der Waals surface area contributed by atoms with Crippen LogP contribution >= 0.6 is 0 Å². The van der Waals surface area contributed by atoms with E-state index in [-0.39, 0.29) is 0 Å². The van der Waals surface area contributed by atoms with Gasteiger partial charge in [-0.15, -0.1) is 0 Å². The van der Waals surface area contributed by atoms with E-state index in [0.29, 0.717) is 48.5 Å². The number of hydrogen-bond acceptors (Lipinski definition) is 1. The van der Waals surface area contributed by atoms with Crippen molar-refractivity contribution in [1.82, 2.24) is 0 Å². The summed E-state index contributed by atoms with van der Waals surface area (Å²) in [5.74, 6) is -70.3. The number of hydrogen-bond donors (Lipinski definition) is 1. The van der Waals surface area contributed by atoms with Crippen LogP contribution in [0.2, 0.25) is 0 Å². The van der Waals surface area contributed by atoms with Crippen molar-refractivity contribution in [3.05, 3.63) is 235 Å². The van der Waals surface area contributed by atoms with E-state index in [1.165, 1.54) is 0 Å². The molecule has 0 aromatic heterocycles. The maximum absolute atomic E-state index is 13.4. The van der Waals surface area contributed by atoms with Gasteiger partial charge in [-0.25, -0.2) is 140 Å². The molecule has 0 aliphatic heterocycles. The van der Waals surface area contributed by atoms with Crippen molar-refractivity contribution in [2.24, 2.45) is 0 Å². The van der Waals surface area contributed by atoms with Gasteiger partial charge in [0, 0.05) is 22.3 Å². The first-order chi connectivity index (χ1) is 38.5. The van der Waals surface area contributed by atoms with Crippen LogP contribution in [0.4, 0.5) is 140 Å². The van der Waals surface area contributed by atoms with Gasteiger partial charge in [-0.2, -0.15) is 0 Å².